The van der Waals surface area contributed by atoms with Crippen molar-refractivity contribution in [3.05, 3.63) is 59.4 Å². The highest BCUT2D eigenvalue weighted by Gasteiger charge is 2.30. The number of nitrogens with one attached hydrogen (secondary N) is 2. The lowest BCUT2D eigenvalue weighted by atomic mass is 10.0. The summed E-state index contributed by atoms with van der Waals surface area (Å²) in [4.78, 5) is 30.8. The number of rotatable bonds is 5. The summed E-state index contributed by atoms with van der Waals surface area (Å²) in [5.41, 5.74) is 4.18. The van der Waals surface area contributed by atoms with Gasteiger partial charge in [-0.15, -0.1) is 0 Å². The zero-order valence-corrected chi connectivity index (χ0v) is 21.1. The Kier molecular flexibility index (Phi) is 7.14. The minimum absolute atomic E-state index is 0.197. The zero-order chi connectivity index (χ0) is 25.8. The molecule has 4 heterocycles. The molecule has 5 rings (SSSR count). The lowest BCUT2D eigenvalue weighted by Gasteiger charge is -2.38. The van der Waals surface area contributed by atoms with Gasteiger partial charge in [0.1, 0.15) is 17.7 Å². The minimum Gasteiger partial charge on any atom is -0.377 e. The van der Waals surface area contributed by atoms with Crippen LogP contribution in [-0.4, -0.2) is 59.9 Å². The molecule has 2 amide bonds. The van der Waals surface area contributed by atoms with E-state index in [4.69, 9.17) is 14.7 Å². The molecule has 2 aliphatic heterocycles. The van der Waals surface area contributed by atoms with E-state index in [0.29, 0.717) is 49.2 Å². The van der Waals surface area contributed by atoms with Gasteiger partial charge < -0.3 is 25.2 Å². The van der Waals surface area contributed by atoms with Gasteiger partial charge in [0.25, 0.3) is 0 Å². The van der Waals surface area contributed by atoms with E-state index in [1.54, 1.807) is 18.3 Å². The van der Waals surface area contributed by atoms with Gasteiger partial charge in [-0.2, -0.15) is 5.26 Å². The number of pyridine rings is 1. The number of aromatic nitrogens is 3. The predicted molar refractivity (Wildman–Crippen MR) is 141 cm³/mol. The molecule has 1 fully saturated rings. The van der Waals surface area contributed by atoms with Gasteiger partial charge in [0.05, 0.1) is 37.1 Å². The van der Waals surface area contributed by atoms with Gasteiger partial charge in [-0.3, -0.25) is 0 Å². The van der Waals surface area contributed by atoms with Crippen molar-refractivity contribution >= 4 is 23.4 Å². The molecular weight excluding hydrogens is 468 g/mol. The Bertz CT molecular complexity index is 1320. The second-order valence-corrected chi connectivity index (χ2v) is 9.13. The first-order valence-electron chi connectivity index (χ1n) is 12.6. The number of fused-ring (bicyclic) bond motifs is 1. The van der Waals surface area contributed by atoms with Gasteiger partial charge in [0.15, 0.2) is 5.82 Å². The van der Waals surface area contributed by atoms with Crippen molar-refractivity contribution in [2.24, 2.45) is 0 Å². The molecule has 3 aromatic rings. The summed E-state index contributed by atoms with van der Waals surface area (Å²) in [6.45, 7) is 7.93. The highest BCUT2D eigenvalue weighted by molar-refractivity contribution is 5.89. The van der Waals surface area contributed by atoms with Crippen LogP contribution >= 0.6 is 0 Å². The lowest BCUT2D eigenvalue weighted by molar-refractivity contribution is 0.0984. The fraction of sp³-hybridized carbons (Fsp3) is 0.370. The van der Waals surface area contributed by atoms with Crippen LogP contribution in [0.5, 0.6) is 0 Å². The summed E-state index contributed by atoms with van der Waals surface area (Å²) in [5.74, 6) is 2.25. The van der Waals surface area contributed by atoms with Crippen molar-refractivity contribution in [3.63, 3.8) is 0 Å². The molecule has 10 heteroatoms. The Morgan fingerprint density at radius 2 is 2.03 bits per heavy atom. The maximum absolute atomic E-state index is 11.9. The molecule has 190 valence electrons. The van der Waals surface area contributed by atoms with Crippen molar-refractivity contribution in [3.8, 4) is 17.5 Å². The van der Waals surface area contributed by atoms with E-state index in [1.165, 1.54) is 0 Å². The fourth-order valence-corrected chi connectivity index (χ4v) is 4.77. The summed E-state index contributed by atoms with van der Waals surface area (Å²) >= 11 is 0. The highest BCUT2D eigenvalue weighted by Crippen LogP contribution is 2.33. The SMILES string of the molecule is CCNC(=O)Nc1ccc(-c2nc3c(c(N4CCOC[C@@H]4C)n2)CCN(c2ncccc2C#N)C3)cc1. The van der Waals surface area contributed by atoms with Gasteiger partial charge in [-0.1, -0.05) is 0 Å². The molecule has 1 saturated heterocycles. The van der Waals surface area contributed by atoms with E-state index in [1.807, 2.05) is 31.2 Å². The highest BCUT2D eigenvalue weighted by atomic mass is 16.5. The second-order valence-electron chi connectivity index (χ2n) is 9.13. The summed E-state index contributed by atoms with van der Waals surface area (Å²) in [7, 11) is 0. The van der Waals surface area contributed by atoms with Crippen LogP contribution in [-0.2, 0) is 17.7 Å². The number of nitriles is 1. The number of ether oxygens (including phenoxy) is 1. The van der Waals surface area contributed by atoms with Crippen molar-refractivity contribution in [1.29, 1.82) is 5.26 Å². The predicted octanol–water partition coefficient (Wildman–Crippen LogP) is 3.34. The number of nitrogens with zero attached hydrogens (tertiary/aromatic N) is 6. The lowest BCUT2D eigenvalue weighted by Crippen LogP contribution is -2.45. The monoisotopic (exact) mass is 498 g/mol. The van der Waals surface area contributed by atoms with Crippen LogP contribution in [0.25, 0.3) is 11.4 Å². The van der Waals surface area contributed by atoms with Crippen LogP contribution in [0.4, 0.5) is 22.1 Å². The van der Waals surface area contributed by atoms with E-state index in [-0.39, 0.29) is 12.1 Å². The van der Waals surface area contributed by atoms with Crippen LogP contribution in [0.15, 0.2) is 42.6 Å². The number of morpholine rings is 1. The molecular formula is C27H30N8O2. The summed E-state index contributed by atoms with van der Waals surface area (Å²) in [6.07, 6.45) is 2.47. The van der Waals surface area contributed by atoms with Crippen molar-refractivity contribution in [2.75, 3.05) is 48.0 Å². The van der Waals surface area contributed by atoms with E-state index in [0.717, 1.165) is 42.1 Å². The smallest absolute Gasteiger partial charge is 0.319 e. The third kappa shape index (κ3) is 5.17. The Morgan fingerprint density at radius 1 is 1.19 bits per heavy atom. The standard InChI is InChI=1S/C27H30N8O2/c1-3-29-27(36)31-21-8-6-19(7-9-21)24-32-23-16-34(25-20(15-28)5-4-11-30-25)12-10-22(23)26(33-24)35-13-14-37-17-18(35)2/h4-9,11,18H,3,10,12-14,16-17H2,1-2H3,(H2,29,31,36)/t18-/m0/s1. The second kappa shape index (κ2) is 10.8. The van der Waals surface area contributed by atoms with Crippen molar-refractivity contribution < 1.29 is 9.53 Å². The molecule has 0 spiro atoms. The Morgan fingerprint density at radius 3 is 2.78 bits per heavy atom. The fourth-order valence-electron chi connectivity index (χ4n) is 4.77. The molecule has 0 saturated carbocycles. The van der Waals surface area contributed by atoms with Crippen LogP contribution < -0.4 is 20.4 Å². The molecule has 1 atom stereocenters. The molecule has 0 radical (unpaired) electrons. The average molecular weight is 499 g/mol. The van der Waals surface area contributed by atoms with Gasteiger partial charge in [0.2, 0.25) is 0 Å². The number of carbonyl (C=O) groups excluding carboxylic acids is 1. The average Bonchev–Trinajstić information content (AvgIpc) is 2.93. The van der Waals surface area contributed by atoms with E-state index in [2.05, 4.69) is 38.4 Å². The third-order valence-electron chi connectivity index (χ3n) is 6.63. The molecule has 0 aliphatic carbocycles. The number of anilines is 3. The summed E-state index contributed by atoms with van der Waals surface area (Å²) < 4.78 is 5.68. The number of hydrogen-bond donors (Lipinski definition) is 2. The maximum Gasteiger partial charge on any atom is 0.319 e. The minimum atomic E-state index is -0.241. The number of amides is 2. The van der Waals surface area contributed by atoms with Crippen molar-refractivity contribution in [1.82, 2.24) is 20.3 Å². The van der Waals surface area contributed by atoms with E-state index >= 15 is 0 Å². The molecule has 2 N–H and O–H groups in total. The first kappa shape index (κ1) is 24.5. The summed E-state index contributed by atoms with van der Waals surface area (Å²) in [6, 6.07) is 13.3. The first-order chi connectivity index (χ1) is 18.1. The molecule has 2 aliphatic rings. The van der Waals surface area contributed by atoms with Crippen LogP contribution in [0.1, 0.15) is 30.7 Å². The quantitative estimate of drug-likeness (QED) is 0.550. The molecule has 10 nitrogen and oxygen atoms in total. The Labute approximate surface area is 216 Å². The molecule has 0 bridgehead atoms. The molecule has 2 aromatic heterocycles. The van der Waals surface area contributed by atoms with Gasteiger partial charge in [-0.25, -0.2) is 19.7 Å². The van der Waals surface area contributed by atoms with Crippen LogP contribution in [0, 0.1) is 11.3 Å². The third-order valence-corrected chi connectivity index (χ3v) is 6.63. The van der Waals surface area contributed by atoms with Gasteiger partial charge in [0, 0.05) is 42.6 Å². The number of benzene rings is 1. The van der Waals surface area contributed by atoms with Crippen LogP contribution in [0.3, 0.4) is 0 Å². The number of carbonyl (C=O) groups is 1. The van der Waals surface area contributed by atoms with Gasteiger partial charge >= 0.3 is 6.03 Å². The largest absolute Gasteiger partial charge is 0.377 e. The molecule has 37 heavy (non-hydrogen) atoms. The summed E-state index contributed by atoms with van der Waals surface area (Å²) in [5, 5.41) is 15.1. The van der Waals surface area contributed by atoms with E-state index in [9.17, 15) is 10.1 Å². The van der Waals surface area contributed by atoms with Crippen LogP contribution in [0.2, 0.25) is 0 Å². The zero-order valence-electron chi connectivity index (χ0n) is 21.1. The molecule has 1 aromatic carbocycles. The van der Waals surface area contributed by atoms with Gasteiger partial charge in [-0.05, 0) is 56.7 Å². The Balaban J connectivity index is 1.51. The van der Waals surface area contributed by atoms with Crippen molar-refractivity contribution in [2.45, 2.75) is 32.9 Å². The molecule has 0 unspecified atom stereocenters. The first-order valence-corrected chi connectivity index (χ1v) is 12.6. The maximum atomic E-state index is 11.9. The topological polar surface area (TPSA) is 119 Å². The normalized spacial score (nSPS) is 17.1. The van der Waals surface area contributed by atoms with E-state index < -0.39 is 0 Å². The number of hydrogen-bond acceptors (Lipinski definition) is 8. The number of urea groups is 1. The Hall–Kier alpha value is -4.23.